The third kappa shape index (κ3) is 4.86. The van der Waals surface area contributed by atoms with Gasteiger partial charge in [-0.1, -0.05) is 23.3 Å². The molecule has 0 aromatic heterocycles. The van der Waals surface area contributed by atoms with Crippen molar-refractivity contribution in [3.8, 4) is 0 Å². The second kappa shape index (κ2) is 8.10. The van der Waals surface area contributed by atoms with E-state index in [1.54, 1.807) is 0 Å². The minimum absolute atomic E-state index is 0.0165. The average molecular weight is 360 g/mol. The number of carbonyl (C=O) groups excluding carboxylic acids is 1. The normalized spacial score (nSPS) is 36.8. The number of carbonyl (C=O) groups is 1. The third-order valence-corrected chi connectivity index (χ3v) is 5.88. The molecule has 0 amide bonds. The summed E-state index contributed by atoms with van der Waals surface area (Å²) in [5.74, 6) is -0.238. The number of hydrogen-bond acceptors (Lipinski definition) is 4. The van der Waals surface area contributed by atoms with Crippen LogP contribution in [0.25, 0.3) is 0 Å². The van der Waals surface area contributed by atoms with Crippen LogP contribution in [-0.2, 0) is 19.0 Å². The molecule has 2 heterocycles. The first-order valence-corrected chi connectivity index (χ1v) is 9.84. The molecule has 0 aromatic rings. The first-order chi connectivity index (χ1) is 12.4. The van der Waals surface area contributed by atoms with Crippen molar-refractivity contribution in [3.05, 3.63) is 34.4 Å². The number of rotatable bonds is 2. The molecule has 1 aliphatic carbocycles. The van der Waals surface area contributed by atoms with Gasteiger partial charge in [-0.3, -0.25) is 4.79 Å². The molecular weight excluding hydrogens is 328 g/mol. The predicted molar refractivity (Wildman–Crippen MR) is 102 cm³/mol. The van der Waals surface area contributed by atoms with E-state index in [1.807, 2.05) is 0 Å². The van der Waals surface area contributed by atoms with Gasteiger partial charge in [-0.25, -0.2) is 0 Å². The van der Waals surface area contributed by atoms with E-state index in [-0.39, 0.29) is 17.7 Å². The zero-order chi connectivity index (χ0) is 18.7. The first kappa shape index (κ1) is 19.4. The van der Waals surface area contributed by atoms with Gasteiger partial charge in [0.15, 0.2) is 0 Å². The van der Waals surface area contributed by atoms with Crippen LogP contribution < -0.4 is 0 Å². The molecule has 1 saturated heterocycles. The van der Waals surface area contributed by atoms with Crippen LogP contribution in [0.5, 0.6) is 0 Å². The maximum Gasteiger partial charge on any atom is 0.302 e. The summed E-state index contributed by atoms with van der Waals surface area (Å²) in [5, 5.41) is 0. The SMILES string of the molecule is CC(=O)OCC1=C2CC/C(C)=C\CC[C@]3(C)O[C@H]3CC/C(C)=C/[C@@H]2OC1. The second-order valence-corrected chi connectivity index (χ2v) is 8.20. The summed E-state index contributed by atoms with van der Waals surface area (Å²) in [5.41, 5.74) is 5.26. The lowest BCUT2D eigenvalue weighted by Gasteiger charge is -2.14. The van der Waals surface area contributed by atoms with Gasteiger partial charge in [-0.2, -0.15) is 0 Å². The maximum atomic E-state index is 11.2. The van der Waals surface area contributed by atoms with Gasteiger partial charge >= 0.3 is 5.97 Å². The number of allylic oxidation sites excluding steroid dienone is 3. The van der Waals surface area contributed by atoms with Crippen molar-refractivity contribution in [3.63, 3.8) is 0 Å². The second-order valence-electron chi connectivity index (χ2n) is 8.20. The first-order valence-electron chi connectivity index (χ1n) is 9.84. The molecule has 0 bridgehead atoms. The van der Waals surface area contributed by atoms with Crippen molar-refractivity contribution in [2.24, 2.45) is 0 Å². The molecule has 26 heavy (non-hydrogen) atoms. The molecule has 0 unspecified atom stereocenters. The van der Waals surface area contributed by atoms with E-state index in [1.165, 1.54) is 23.6 Å². The Kier molecular flexibility index (Phi) is 6.03. The minimum atomic E-state index is -0.238. The van der Waals surface area contributed by atoms with Crippen LogP contribution in [0, 0.1) is 0 Å². The Morgan fingerprint density at radius 2 is 2.08 bits per heavy atom. The molecule has 0 N–H and O–H groups in total. The molecule has 4 nitrogen and oxygen atoms in total. The molecule has 4 heteroatoms. The zero-order valence-electron chi connectivity index (χ0n) is 16.6. The van der Waals surface area contributed by atoms with E-state index in [9.17, 15) is 4.79 Å². The van der Waals surface area contributed by atoms with Crippen LogP contribution in [0.3, 0.4) is 0 Å². The molecule has 0 spiro atoms. The molecule has 3 atom stereocenters. The Balaban J connectivity index is 1.77. The fraction of sp³-hybridized carbons (Fsp3) is 0.682. The number of ether oxygens (including phenoxy) is 3. The number of epoxide rings is 1. The van der Waals surface area contributed by atoms with E-state index < -0.39 is 0 Å². The standard InChI is InChI=1S/C22H32O4/c1-15-6-5-11-22(4)21(26-22)10-8-16(2)12-20-19(9-7-15)18(14-25-20)13-24-17(3)23/h6,12,20-21H,5,7-11,13-14H2,1-4H3/b15-6-,16-12+/t20-,21-,22-/m0/s1. The monoisotopic (exact) mass is 360 g/mol. The van der Waals surface area contributed by atoms with Crippen LogP contribution in [-0.4, -0.2) is 37.0 Å². The molecule has 0 radical (unpaired) electrons. The highest BCUT2D eigenvalue weighted by atomic mass is 16.6. The van der Waals surface area contributed by atoms with E-state index in [4.69, 9.17) is 14.2 Å². The van der Waals surface area contributed by atoms with Crippen LogP contribution in [0.4, 0.5) is 0 Å². The molecule has 3 rings (SSSR count). The van der Waals surface area contributed by atoms with Crippen molar-refractivity contribution >= 4 is 5.97 Å². The van der Waals surface area contributed by atoms with Crippen molar-refractivity contribution < 1.29 is 19.0 Å². The van der Waals surface area contributed by atoms with E-state index in [0.29, 0.717) is 19.3 Å². The number of fused-ring (bicyclic) bond motifs is 2. The summed E-state index contributed by atoms with van der Waals surface area (Å²) >= 11 is 0. The van der Waals surface area contributed by atoms with Crippen LogP contribution in [0.15, 0.2) is 34.4 Å². The largest absolute Gasteiger partial charge is 0.461 e. The zero-order valence-corrected chi connectivity index (χ0v) is 16.6. The summed E-state index contributed by atoms with van der Waals surface area (Å²) in [6.07, 6.45) is 11.3. The van der Waals surface area contributed by atoms with Crippen LogP contribution in [0.2, 0.25) is 0 Å². The fourth-order valence-electron chi connectivity index (χ4n) is 3.99. The van der Waals surface area contributed by atoms with Gasteiger partial charge < -0.3 is 14.2 Å². The van der Waals surface area contributed by atoms with E-state index >= 15 is 0 Å². The van der Waals surface area contributed by atoms with Crippen molar-refractivity contribution in [1.29, 1.82) is 0 Å². The Labute approximate surface area is 157 Å². The van der Waals surface area contributed by atoms with Gasteiger partial charge in [0.25, 0.3) is 0 Å². The van der Waals surface area contributed by atoms with Gasteiger partial charge in [0.1, 0.15) is 6.61 Å². The van der Waals surface area contributed by atoms with E-state index in [0.717, 1.165) is 44.1 Å². The lowest BCUT2D eigenvalue weighted by molar-refractivity contribution is -0.140. The summed E-state index contributed by atoms with van der Waals surface area (Å²) in [4.78, 5) is 11.2. The minimum Gasteiger partial charge on any atom is -0.461 e. The van der Waals surface area contributed by atoms with Gasteiger partial charge in [0.2, 0.25) is 0 Å². The highest BCUT2D eigenvalue weighted by molar-refractivity contribution is 5.66. The molecule has 2 aliphatic heterocycles. The summed E-state index contributed by atoms with van der Waals surface area (Å²) < 4.78 is 17.2. The molecular formula is C22H32O4. The summed E-state index contributed by atoms with van der Waals surface area (Å²) in [6, 6.07) is 0. The summed E-state index contributed by atoms with van der Waals surface area (Å²) in [7, 11) is 0. The topological polar surface area (TPSA) is 48.1 Å². The highest BCUT2D eigenvalue weighted by Gasteiger charge is 2.50. The fourth-order valence-corrected chi connectivity index (χ4v) is 3.99. The molecule has 0 saturated carbocycles. The molecule has 144 valence electrons. The average Bonchev–Trinajstić information content (AvgIpc) is 3.06. The molecule has 1 fully saturated rings. The van der Waals surface area contributed by atoms with Crippen molar-refractivity contribution in [1.82, 2.24) is 0 Å². The van der Waals surface area contributed by atoms with Gasteiger partial charge in [0, 0.05) is 6.92 Å². The predicted octanol–water partition coefficient (Wildman–Crippen LogP) is 4.65. The van der Waals surface area contributed by atoms with Crippen LogP contribution >= 0.6 is 0 Å². The quantitative estimate of drug-likeness (QED) is 0.409. The van der Waals surface area contributed by atoms with Gasteiger partial charge in [-0.15, -0.1) is 0 Å². The van der Waals surface area contributed by atoms with Crippen LogP contribution in [0.1, 0.15) is 66.2 Å². The Hall–Kier alpha value is -1.39. The van der Waals surface area contributed by atoms with Crippen molar-refractivity contribution in [2.75, 3.05) is 13.2 Å². The Morgan fingerprint density at radius 1 is 1.27 bits per heavy atom. The summed E-state index contributed by atoms with van der Waals surface area (Å²) in [6.45, 7) is 9.00. The molecule has 3 aliphatic rings. The Morgan fingerprint density at radius 3 is 2.85 bits per heavy atom. The van der Waals surface area contributed by atoms with Gasteiger partial charge in [0.05, 0.1) is 24.4 Å². The number of hydrogen-bond donors (Lipinski definition) is 0. The lowest BCUT2D eigenvalue weighted by Crippen LogP contribution is -2.11. The van der Waals surface area contributed by atoms with Crippen molar-refractivity contribution in [2.45, 2.75) is 84.0 Å². The maximum absolute atomic E-state index is 11.2. The number of esters is 1. The Bertz CT molecular complexity index is 643. The smallest absolute Gasteiger partial charge is 0.302 e. The lowest BCUT2D eigenvalue weighted by atomic mass is 9.92. The molecule has 0 aromatic carbocycles. The highest BCUT2D eigenvalue weighted by Crippen LogP contribution is 2.44. The van der Waals surface area contributed by atoms with Gasteiger partial charge in [-0.05, 0) is 70.4 Å². The third-order valence-electron chi connectivity index (χ3n) is 5.88. The van der Waals surface area contributed by atoms with E-state index in [2.05, 4.69) is 32.9 Å².